The Balaban J connectivity index is 0.00000112. The normalized spacial score (nSPS) is 12.9. The Kier molecular flexibility index (Phi) is 8.21. The van der Waals surface area contributed by atoms with Crippen LogP contribution in [0.1, 0.15) is 29.3 Å². The maximum atomic E-state index is 14.5. The van der Waals surface area contributed by atoms with Gasteiger partial charge in [0.15, 0.2) is 0 Å². The van der Waals surface area contributed by atoms with E-state index in [0.717, 1.165) is 40.3 Å². The van der Waals surface area contributed by atoms with Crippen molar-refractivity contribution in [3.05, 3.63) is 69.9 Å². The van der Waals surface area contributed by atoms with Gasteiger partial charge in [0.05, 0.1) is 27.0 Å². The Labute approximate surface area is 228 Å². The van der Waals surface area contributed by atoms with Crippen LogP contribution < -0.4 is 21.3 Å². The number of hydrogen-bond acceptors (Lipinski definition) is 6. The van der Waals surface area contributed by atoms with E-state index in [0.29, 0.717) is 23.5 Å². The van der Waals surface area contributed by atoms with Crippen LogP contribution >= 0.6 is 22.9 Å². The van der Waals surface area contributed by atoms with Crippen molar-refractivity contribution >= 4 is 68.6 Å². The predicted octanol–water partition coefficient (Wildman–Crippen LogP) is 6.89. The number of benzene rings is 2. The van der Waals surface area contributed by atoms with Crippen molar-refractivity contribution in [2.45, 2.75) is 24.9 Å². The number of hydrogen-bond donors (Lipinski definition) is 3. The third-order valence-electron chi connectivity index (χ3n) is 5.66. The van der Waals surface area contributed by atoms with Crippen molar-refractivity contribution in [1.29, 1.82) is 0 Å². The molecule has 2 heterocycles. The van der Waals surface area contributed by atoms with Gasteiger partial charge in [-0.25, -0.2) is 19.2 Å². The number of halogens is 5. The van der Waals surface area contributed by atoms with Crippen LogP contribution in [-0.4, -0.2) is 29.5 Å². The first-order valence-electron chi connectivity index (χ1n) is 11.4. The molecule has 3 amide bonds. The molecule has 0 spiro atoms. The Morgan fingerprint density at radius 3 is 2.44 bits per heavy atom. The summed E-state index contributed by atoms with van der Waals surface area (Å²) in [5.41, 5.74) is 4.42. The molecule has 1 aliphatic rings. The number of rotatable bonds is 5. The summed E-state index contributed by atoms with van der Waals surface area (Å²) in [6, 6.07) is 9.52. The molecule has 39 heavy (non-hydrogen) atoms. The quantitative estimate of drug-likeness (QED) is 0.176. The van der Waals surface area contributed by atoms with Crippen LogP contribution in [0.3, 0.4) is 0 Å². The van der Waals surface area contributed by atoms with Crippen molar-refractivity contribution in [2.75, 3.05) is 22.6 Å². The molecule has 5 rings (SSSR count). The number of nitrogens with zero attached hydrogens (tertiary/aromatic N) is 3. The van der Waals surface area contributed by atoms with Crippen LogP contribution in [0, 0.1) is 5.82 Å². The number of nitrogens with two attached hydrogens (primary N) is 1. The lowest BCUT2D eigenvalue weighted by atomic mass is 10.2. The third-order valence-corrected chi connectivity index (χ3v) is 7.10. The van der Waals surface area contributed by atoms with Crippen molar-refractivity contribution < 1.29 is 27.2 Å². The van der Waals surface area contributed by atoms with Crippen LogP contribution in [0.15, 0.2) is 48.5 Å². The number of anilines is 4. The molecule has 8 nitrogen and oxygen atoms in total. The van der Waals surface area contributed by atoms with Crippen molar-refractivity contribution in [3.8, 4) is 0 Å². The molecule has 1 saturated carbocycles. The molecule has 0 radical (unpaired) electrons. The molecule has 0 bridgehead atoms. The number of amides is 3. The van der Waals surface area contributed by atoms with Crippen LogP contribution in [0.4, 0.5) is 45.2 Å². The minimum atomic E-state index is -4.57. The highest BCUT2D eigenvalue weighted by Gasteiger charge is 2.31. The standard InChI is InChI=1S/C24H18ClF4N5OS.CH3NO/c1-34(20-9-8-18-22(33-20)36-21(30-18)12-2-3-12)14-5-6-16(26)19(11-14)32-23(35)31-17-7-4-13(10-15(17)25)24(27,28)29;2-1-3/h4-12H,2-3H2,1H3,(H2,31,32,35);1H,(H2,2,3). The van der Waals surface area contributed by atoms with Crippen LogP contribution in [0.5, 0.6) is 0 Å². The van der Waals surface area contributed by atoms with E-state index in [2.05, 4.69) is 26.3 Å². The number of nitrogens with one attached hydrogen (secondary N) is 2. The molecule has 204 valence electrons. The van der Waals surface area contributed by atoms with Gasteiger partial charge in [-0.15, -0.1) is 0 Å². The van der Waals surface area contributed by atoms with Crippen LogP contribution in [0.2, 0.25) is 5.02 Å². The summed E-state index contributed by atoms with van der Waals surface area (Å²) in [6.45, 7) is 0. The molecule has 1 fully saturated rings. The van der Waals surface area contributed by atoms with Gasteiger partial charge in [0.1, 0.15) is 22.0 Å². The highest BCUT2D eigenvalue weighted by atomic mass is 35.5. The molecule has 0 saturated heterocycles. The van der Waals surface area contributed by atoms with Crippen LogP contribution in [0.25, 0.3) is 10.3 Å². The molecular formula is C25H21ClF4N6O2S. The van der Waals surface area contributed by atoms with Crippen molar-refractivity contribution in [2.24, 2.45) is 5.73 Å². The van der Waals surface area contributed by atoms with Gasteiger partial charge in [0, 0.05) is 18.7 Å². The highest BCUT2D eigenvalue weighted by Crippen LogP contribution is 2.43. The van der Waals surface area contributed by atoms with E-state index in [9.17, 15) is 22.4 Å². The first kappa shape index (κ1) is 28.0. The molecule has 2 aromatic carbocycles. The average Bonchev–Trinajstić information content (AvgIpc) is 3.64. The number of alkyl halides is 3. The first-order chi connectivity index (χ1) is 18.5. The van der Waals surface area contributed by atoms with Crippen molar-refractivity contribution in [3.63, 3.8) is 0 Å². The zero-order chi connectivity index (χ0) is 28.3. The van der Waals surface area contributed by atoms with Gasteiger partial charge in [0.2, 0.25) is 6.41 Å². The minimum absolute atomic E-state index is 0.0523. The average molecular weight is 581 g/mol. The van der Waals surface area contributed by atoms with E-state index in [1.807, 2.05) is 12.1 Å². The molecule has 0 unspecified atom stereocenters. The molecule has 14 heteroatoms. The van der Waals surface area contributed by atoms with Gasteiger partial charge in [-0.1, -0.05) is 22.9 Å². The Morgan fingerprint density at radius 1 is 1.10 bits per heavy atom. The van der Waals surface area contributed by atoms with E-state index >= 15 is 0 Å². The zero-order valence-corrected chi connectivity index (χ0v) is 21.8. The van der Waals surface area contributed by atoms with Gasteiger partial charge in [-0.3, -0.25) is 4.79 Å². The van der Waals surface area contributed by atoms with Gasteiger partial charge in [-0.2, -0.15) is 13.2 Å². The van der Waals surface area contributed by atoms with Gasteiger partial charge >= 0.3 is 12.2 Å². The third kappa shape index (κ3) is 6.73. The molecular weight excluding hydrogens is 560 g/mol. The molecule has 0 atom stereocenters. The molecule has 0 aliphatic heterocycles. The van der Waals surface area contributed by atoms with Gasteiger partial charge < -0.3 is 21.3 Å². The summed E-state index contributed by atoms with van der Waals surface area (Å²) < 4.78 is 52.9. The Morgan fingerprint density at radius 2 is 1.79 bits per heavy atom. The van der Waals surface area contributed by atoms with E-state index < -0.39 is 23.6 Å². The van der Waals surface area contributed by atoms with E-state index in [1.54, 1.807) is 29.4 Å². The van der Waals surface area contributed by atoms with E-state index in [1.165, 1.54) is 12.1 Å². The summed E-state index contributed by atoms with van der Waals surface area (Å²) in [5.74, 6) is 0.451. The second-order valence-electron chi connectivity index (χ2n) is 8.45. The van der Waals surface area contributed by atoms with Crippen LogP contribution in [-0.2, 0) is 11.0 Å². The predicted molar refractivity (Wildman–Crippen MR) is 143 cm³/mol. The lowest BCUT2D eigenvalue weighted by molar-refractivity contribution is -0.137. The molecule has 1 aliphatic carbocycles. The lowest BCUT2D eigenvalue weighted by Crippen LogP contribution is -2.21. The number of thiazole rings is 1. The molecule has 4 N–H and O–H groups in total. The second kappa shape index (κ2) is 11.4. The number of urea groups is 1. The second-order valence-corrected chi connectivity index (χ2v) is 9.87. The fraction of sp³-hybridized carbons (Fsp3) is 0.200. The summed E-state index contributed by atoms with van der Waals surface area (Å²) in [7, 11) is 1.76. The number of fused-ring (bicyclic) bond motifs is 1. The maximum absolute atomic E-state index is 14.5. The smallest absolute Gasteiger partial charge is 0.372 e. The zero-order valence-electron chi connectivity index (χ0n) is 20.2. The topological polar surface area (TPSA) is 113 Å². The lowest BCUT2D eigenvalue weighted by Gasteiger charge is -2.19. The molecule has 2 aromatic heterocycles. The first-order valence-corrected chi connectivity index (χ1v) is 12.6. The van der Waals surface area contributed by atoms with Gasteiger partial charge in [-0.05, 0) is 61.4 Å². The largest absolute Gasteiger partial charge is 0.416 e. The maximum Gasteiger partial charge on any atom is 0.416 e. The monoisotopic (exact) mass is 580 g/mol. The van der Waals surface area contributed by atoms with Crippen molar-refractivity contribution in [1.82, 2.24) is 9.97 Å². The number of aromatic nitrogens is 2. The minimum Gasteiger partial charge on any atom is -0.372 e. The summed E-state index contributed by atoms with van der Waals surface area (Å²) >= 11 is 7.44. The SMILES string of the molecule is CN(c1ccc(F)c(NC(=O)Nc2ccc(C(F)(F)F)cc2Cl)c1)c1ccc2nc(C3CC3)sc2n1.NC=O. The fourth-order valence-electron chi connectivity index (χ4n) is 3.53. The highest BCUT2D eigenvalue weighted by molar-refractivity contribution is 7.18. The number of carbonyl (C=O) groups is 2. The number of carbonyl (C=O) groups excluding carboxylic acids is 2. The Bertz CT molecular complexity index is 1530. The van der Waals surface area contributed by atoms with E-state index in [4.69, 9.17) is 16.4 Å². The Hall–Kier alpha value is -3.97. The number of pyridine rings is 1. The summed E-state index contributed by atoms with van der Waals surface area (Å²) in [5, 5.41) is 5.49. The van der Waals surface area contributed by atoms with E-state index in [-0.39, 0.29) is 22.8 Å². The number of primary amides is 1. The molecule has 4 aromatic rings. The summed E-state index contributed by atoms with van der Waals surface area (Å²) in [6.07, 6.45) is -2.02. The van der Waals surface area contributed by atoms with Gasteiger partial charge in [0.25, 0.3) is 0 Å². The fourth-order valence-corrected chi connectivity index (χ4v) is 4.86. The summed E-state index contributed by atoms with van der Waals surface area (Å²) in [4.78, 5) is 32.9.